The molecule has 8 nitrogen and oxygen atoms in total. The summed E-state index contributed by atoms with van der Waals surface area (Å²) >= 11 is 25.8. The van der Waals surface area contributed by atoms with Gasteiger partial charge in [0.2, 0.25) is 0 Å². The monoisotopic (exact) mass is 612 g/mol. The van der Waals surface area contributed by atoms with Crippen molar-refractivity contribution >= 4 is 74.4 Å². The van der Waals surface area contributed by atoms with Crippen molar-refractivity contribution < 1.29 is 0 Å². The molecule has 40 heavy (non-hydrogen) atoms. The molecule has 0 bridgehead atoms. The van der Waals surface area contributed by atoms with Gasteiger partial charge in [0.15, 0.2) is 0 Å². The zero-order valence-corrected chi connectivity index (χ0v) is 24.7. The number of nitrogens with zero attached hydrogens (tertiary/aromatic N) is 4. The van der Waals surface area contributed by atoms with Gasteiger partial charge in [0, 0.05) is 52.0 Å². The zero-order chi connectivity index (χ0) is 28.6. The van der Waals surface area contributed by atoms with E-state index in [1.54, 1.807) is 18.3 Å². The summed E-state index contributed by atoms with van der Waals surface area (Å²) in [5.41, 5.74) is 11.7. The highest BCUT2D eigenvalue weighted by atomic mass is 35.5. The summed E-state index contributed by atoms with van der Waals surface area (Å²) in [6.07, 6.45) is 5.09. The fraction of sp³-hybridized carbons (Fsp3) is 0.179. The molecule has 5 rings (SSSR count). The van der Waals surface area contributed by atoms with Gasteiger partial charge in [0.1, 0.15) is 11.2 Å². The van der Waals surface area contributed by atoms with E-state index in [0.717, 1.165) is 16.9 Å². The minimum atomic E-state index is -0.457. The molecule has 2 aromatic heterocycles. The Labute approximate surface area is 251 Å². The van der Waals surface area contributed by atoms with Crippen LogP contribution in [-0.2, 0) is 0 Å². The summed E-state index contributed by atoms with van der Waals surface area (Å²) in [4.78, 5) is 8.71. The molecule has 1 atom stereocenters. The van der Waals surface area contributed by atoms with Crippen LogP contribution in [0.1, 0.15) is 36.6 Å². The Morgan fingerprint density at radius 1 is 0.950 bits per heavy atom. The van der Waals surface area contributed by atoms with Crippen molar-refractivity contribution in [2.75, 3.05) is 10.6 Å². The first-order chi connectivity index (χ1) is 19.1. The molecule has 1 aliphatic rings. The van der Waals surface area contributed by atoms with Crippen LogP contribution in [0.5, 0.6) is 0 Å². The van der Waals surface area contributed by atoms with E-state index in [1.807, 2.05) is 42.4 Å². The first-order valence-corrected chi connectivity index (χ1v) is 13.8. The first kappa shape index (κ1) is 28.1. The lowest BCUT2D eigenvalue weighted by Gasteiger charge is -2.23. The molecule has 0 radical (unpaired) electrons. The first-order valence-electron chi connectivity index (χ1n) is 12.3. The smallest absolute Gasteiger partial charge is 0.130 e. The lowest BCUT2D eigenvalue weighted by atomic mass is 10.0. The van der Waals surface area contributed by atoms with Crippen molar-refractivity contribution in [1.82, 2.24) is 25.9 Å². The minimum Gasteiger partial charge on any atom is -0.373 e. The molecule has 1 aliphatic heterocycles. The highest BCUT2D eigenvalue weighted by molar-refractivity contribution is 6.36. The molecule has 4 N–H and O–H groups in total. The van der Waals surface area contributed by atoms with Gasteiger partial charge in [-0.15, -0.1) is 5.53 Å². The van der Waals surface area contributed by atoms with E-state index in [4.69, 9.17) is 46.4 Å². The largest absolute Gasteiger partial charge is 0.373 e. The molecule has 3 heterocycles. The van der Waals surface area contributed by atoms with Crippen LogP contribution in [-0.4, -0.2) is 21.0 Å². The second kappa shape index (κ2) is 11.6. The number of hydrogen-bond donors (Lipinski definition) is 4. The number of nitrogens with one attached hydrogen (secondary N) is 4. The van der Waals surface area contributed by atoms with Crippen LogP contribution in [0.3, 0.4) is 0 Å². The van der Waals surface area contributed by atoms with Crippen LogP contribution < -0.4 is 21.6 Å². The van der Waals surface area contributed by atoms with Crippen LogP contribution in [0.2, 0.25) is 20.2 Å². The summed E-state index contributed by atoms with van der Waals surface area (Å²) in [6, 6.07) is 12.8. The quantitative estimate of drug-likeness (QED) is 0.156. The number of aryl methyl sites for hydroxylation is 1. The van der Waals surface area contributed by atoms with Gasteiger partial charge < -0.3 is 16.1 Å². The maximum absolute atomic E-state index is 9.89. The Morgan fingerprint density at radius 3 is 2.40 bits per heavy atom. The third-order valence-corrected chi connectivity index (χ3v) is 7.66. The van der Waals surface area contributed by atoms with Gasteiger partial charge in [0.05, 0.1) is 38.6 Å². The summed E-state index contributed by atoms with van der Waals surface area (Å²) in [5.74, 6) is 0. The Balaban J connectivity index is 1.61. The SMILES string of the molecule is Cc1ccc(Nc2c(C#N)cnc3c(Cl)cc(N[C@H](C4=CN(C(C)C)NN4)c4cnc(Cl)cc4Cl)cc23)cc1Cl. The molecule has 0 fully saturated rings. The van der Waals surface area contributed by atoms with E-state index in [0.29, 0.717) is 53.6 Å². The van der Waals surface area contributed by atoms with E-state index in [1.165, 1.54) is 6.20 Å². The molecular weight excluding hydrogens is 590 g/mol. The third kappa shape index (κ3) is 5.71. The topological polar surface area (TPSA) is 101 Å². The predicted molar refractivity (Wildman–Crippen MR) is 163 cm³/mol. The fourth-order valence-electron chi connectivity index (χ4n) is 4.27. The number of benzene rings is 2. The normalized spacial score (nSPS) is 13.7. The van der Waals surface area contributed by atoms with Crippen molar-refractivity contribution in [1.29, 1.82) is 5.26 Å². The van der Waals surface area contributed by atoms with Crippen LogP contribution in [0.25, 0.3) is 10.9 Å². The zero-order valence-electron chi connectivity index (χ0n) is 21.7. The number of nitriles is 1. The second-order valence-electron chi connectivity index (χ2n) is 9.53. The third-order valence-electron chi connectivity index (χ3n) is 6.43. The van der Waals surface area contributed by atoms with Crippen molar-refractivity contribution in [3.05, 3.63) is 97.6 Å². The van der Waals surface area contributed by atoms with Crippen molar-refractivity contribution in [2.45, 2.75) is 32.9 Å². The molecular formula is C28H24Cl4N8. The minimum absolute atomic E-state index is 0.193. The average molecular weight is 614 g/mol. The van der Waals surface area contributed by atoms with Crippen molar-refractivity contribution in [3.8, 4) is 6.07 Å². The average Bonchev–Trinajstić information content (AvgIpc) is 3.41. The van der Waals surface area contributed by atoms with Crippen LogP contribution in [0.15, 0.2) is 60.7 Å². The molecule has 0 saturated carbocycles. The highest BCUT2D eigenvalue weighted by Crippen LogP contribution is 2.38. The molecule has 0 spiro atoms. The van der Waals surface area contributed by atoms with E-state index in [9.17, 15) is 5.26 Å². The standard InChI is InChI=1S/C28H24Cl4N8/c1-14(2)40-13-24(38-39-40)28(20-12-34-25(32)9-22(20)30)37-18-6-19-26(36-17-5-4-15(3)21(29)7-17)16(10-33)11-35-27(19)23(31)8-18/h4-9,11-14,28,37-39H,1-3H3,(H,35,36)/t28-/m0/s1. The molecule has 12 heteroatoms. The molecule has 0 saturated heterocycles. The van der Waals surface area contributed by atoms with Gasteiger partial charge in [-0.3, -0.25) is 9.99 Å². The van der Waals surface area contributed by atoms with Gasteiger partial charge in [-0.1, -0.05) is 52.5 Å². The van der Waals surface area contributed by atoms with Crippen LogP contribution in [0.4, 0.5) is 17.1 Å². The number of pyridine rings is 2. The van der Waals surface area contributed by atoms with Gasteiger partial charge >= 0.3 is 0 Å². The molecule has 2 aromatic carbocycles. The molecule has 0 amide bonds. The maximum atomic E-state index is 9.89. The van der Waals surface area contributed by atoms with Gasteiger partial charge in [-0.05, 0) is 56.7 Å². The second-order valence-corrected chi connectivity index (χ2v) is 11.1. The summed E-state index contributed by atoms with van der Waals surface area (Å²) in [7, 11) is 0. The van der Waals surface area contributed by atoms with Gasteiger partial charge in [-0.2, -0.15) is 5.26 Å². The molecule has 4 aromatic rings. The fourth-order valence-corrected chi connectivity index (χ4v) is 5.19. The maximum Gasteiger partial charge on any atom is 0.130 e. The number of rotatable bonds is 7. The summed E-state index contributed by atoms with van der Waals surface area (Å²) in [5, 5.41) is 21.1. The summed E-state index contributed by atoms with van der Waals surface area (Å²) < 4.78 is 0. The number of anilines is 3. The lowest BCUT2D eigenvalue weighted by molar-refractivity contribution is 0.221. The Bertz CT molecular complexity index is 1680. The van der Waals surface area contributed by atoms with Crippen LogP contribution >= 0.6 is 46.4 Å². The number of aromatic nitrogens is 2. The Kier molecular flexibility index (Phi) is 8.13. The van der Waals surface area contributed by atoms with E-state index in [-0.39, 0.29) is 6.04 Å². The molecule has 0 aliphatic carbocycles. The summed E-state index contributed by atoms with van der Waals surface area (Å²) in [6.45, 7) is 6.05. The van der Waals surface area contributed by atoms with Gasteiger partial charge in [0.25, 0.3) is 0 Å². The number of hydrogen-bond acceptors (Lipinski definition) is 8. The predicted octanol–water partition coefficient (Wildman–Crippen LogP) is 7.89. The van der Waals surface area contributed by atoms with Gasteiger partial charge in [-0.25, -0.2) is 4.98 Å². The van der Waals surface area contributed by atoms with E-state index in [2.05, 4.69) is 51.5 Å². The van der Waals surface area contributed by atoms with E-state index < -0.39 is 6.04 Å². The Hall–Kier alpha value is -3.45. The van der Waals surface area contributed by atoms with Crippen molar-refractivity contribution in [2.24, 2.45) is 0 Å². The molecule has 0 unspecified atom stereocenters. The number of fused-ring (bicyclic) bond motifs is 1. The number of hydrazine groups is 2. The van der Waals surface area contributed by atoms with E-state index >= 15 is 0 Å². The number of halogens is 4. The highest BCUT2D eigenvalue weighted by Gasteiger charge is 2.26. The van der Waals surface area contributed by atoms with Crippen molar-refractivity contribution in [3.63, 3.8) is 0 Å². The lowest BCUT2D eigenvalue weighted by Crippen LogP contribution is -2.41. The molecule has 204 valence electrons. The Morgan fingerprint density at radius 2 is 1.73 bits per heavy atom. The van der Waals surface area contributed by atoms with Crippen LogP contribution in [0, 0.1) is 18.3 Å².